The van der Waals surface area contributed by atoms with E-state index in [0.717, 1.165) is 5.92 Å². The molecular weight excluding hydrogens is 152 g/mol. The van der Waals surface area contributed by atoms with Crippen molar-refractivity contribution >= 4 is 11.8 Å². The predicted octanol–water partition coefficient (Wildman–Crippen LogP) is 3.34. The van der Waals surface area contributed by atoms with Crippen LogP contribution < -0.4 is 0 Å². The molecule has 11 heavy (non-hydrogen) atoms. The topological polar surface area (TPSA) is 0 Å². The molecule has 0 nitrogen and oxygen atoms in total. The third kappa shape index (κ3) is 2.26. The van der Waals surface area contributed by atoms with E-state index in [1.807, 2.05) is 11.8 Å². The molecule has 0 aliphatic heterocycles. The molecule has 1 fully saturated rings. The maximum Gasteiger partial charge on any atom is 0.00185 e. The second kappa shape index (κ2) is 3.22. The van der Waals surface area contributed by atoms with Crippen LogP contribution in [0.3, 0.4) is 0 Å². The van der Waals surface area contributed by atoms with Gasteiger partial charge in [-0.05, 0) is 30.4 Å². The van der Waals surface area contributed by atoms with E-state index in [2.05, 4.69) is 26.7 Å². The average Bonchev–Trinajstić information content (AvgIpc) is 2.67. The van der Waals surface area contributed by atoms with Crippen LogP contribution >= 0.6 is 11.8 Å². The second-order valence-electron chi connectivity index (χ2n) is 4.12. The number of allylic oxidation sites excluding steroid dienone is 1. The summed E-state index contributed by atoms with van der Waals surface area (Å²) in [5.41, 5.74) is 1.84. The number of thioether (sulfide) groups is 1. The van der Waals surface area contributed by atoms with Crippen molar-refractivity contribution in [1.29, 1.82) is 0 Å². The minimum Gasteiger partial charge on any atom is -0.165 e. The molecule has 0 aromatic rings. The van der Waals surface area contributed by atoms with E-state index in [4.69, 9.17) is 0 Å². The molecule has 1 saturated carbocycles. The third-order valence-corrected chi connectivity index (χ3v) is 3.45. The maximum atomic E-state index is 4.19. The SMILES string of the molecule is C=C(C1CC1)C(C)(C)CSC. The Bertz CT molecular complexity index is 154. The lowest BCUT2D eigenvalue weighted by Gasteiger charge is -2.26. The van der Waals surface area contributed by atoms with E-state index in [1.54, 1.807) is 0 Å². The minimum absolute atomic E-state index is 0.362. The van der Waals surface area contributed by atoms with E-state index in [0.29, 0.717) is 5.41 Å². The van der Waals surface area contributed by atoms with Crippen molar-refractivity contribution in [2.24, 2.45) is 11.3 Å². The van der Waals surface area contributed by atoms with Gasteiger partial charge in [-0.15, -0.1) is 0 Å². The van der Waals surface area contributed by atoms with Gasteiger partial charge >= 0.3 is 0 Å². The minimum atomic E-state index is 0.362. The van der Waals surface area contributed by atoms with E-state index < -0.39 is 0 Å². The van der Waals surface area contributed by atoms with Crippen molar-refractivity contribution in [2.45, 2.75) is 26.7 Å². The predicted molar refractivity (Wildman–Crippen MR) is 54.0 cm³/mol. The van der Waals surface area contributed by atoms with Crippen molar-refractivity contribution in [3.8, 4) is 0 Å². The Hall–Kier alpha value is 0.0900. The van der Waals surface area contributed by atoms with Crippen LogP contribution in [0.5, 0.6) is 0 Å². The zero-order valence-corrected chi connectivity index (χ0v) is 8.63. The Morgan fingerprint density at radius 1 is 1.55 bits per heavy atom. The molecule has 0 amide bonds. The van der Waals surface area contributed by atoms with Crippen LogP contribution in [0.25, 0.3) is 0 Å². The fraction of sp³-hybridized carbons (Fsp3) is 0.800. The number of hydrogen-bond donors (Lipinski definition) is 0. The Labute approximate surface area is 74.5 Å². The van der Waals surface area contributed by atoms with Crippen LogP contribution in [0.4, 0.5) is 0 Å². The smallest absolute Gasteiger partial charge is 0.00185 e. The van der Waals surface area contributed by atoms with Gasteiger partial charge in [0, 0.05) is 5.75 Å². The molecule has 1 rings (SSSR count). The van der Waals surface area contributed by atoms with Crippen molar-refractivity contribution in [3.63, 3.8) is 0 Å². The van der Waals surface area contributed by atoms with Gasteiger partial charge in [-0.1, -0.05) is 26.0 Å². The van der Waals surface area contributed by atoms with E-state index in [-0.39, 0.29) is 0 Å². The zero-order valence-electron chi connectivity index (χ0n) is 7.81. The monoisotopic (exact) mass is 170 g/mol. The molecule has 1 aliphatic carbocycles. The fourth-order valence-electron chi connectivity index (χ4n) is 1.44. The normalized spacial score (nSPS) is 18.5. The van der Waals surface area contributed by atoms with Gasteiger partial charge < -0.3 is 0 Å². The van der Waals surface area contributed by atoms with Crippen LogP contribution in [0, 0.1) is 11.3 Å². The summed E-state index contributed by atoms with van der Waals surface area (Å²) in [5.74, 6) is 2.07. The lowest BCUT2D eigenvalue weighted by atomic mass is 9.84. The summed E-state index contributed by atoms with van der Waals surface area (Å²) in [6, 6.07) is 0. The van der Waals surface area contributed by atoms with Crippen molar-refractivity contribution in [2.75, 3.05) is 12.0 Å². The molecule has 0 N–H and O–H groups in total. The summed E-state index contributed by atoms with van der Waals surface area (Å²) in [6.07, 6.45) is 4.94. The van der Waals surface area contributed by atoms with Crippen molar-refractivity contribution < 1.29 is 0 Å². The van der Waals surface area contributed by atoms with Gasteiger partial charge in [0.2, 0.25) is 0 Å². The van der Waals surface area contributed by atoms with Gasteiger partial charge in [0.25, 0.3) is 0 Å². The number of hydrogen-bond acceptors (Lipinski definition) is 1. The first kappa shape index (κ1) is 9.18. The first-order valence-corrected chi connectivity index (χ1v) is 5.65. The van der Waals surface area contributed by atoms with Crippen LogP contribution in [0.2, 0.25) is 0 Å². The zero-order chi connectivity index (χ0) is 8.48. The standard InChI is InChI=1S/C10H18S/c1-8(9-5-6-9)10(2,3)7-11-4/h9H,1,5-7H2,2-4H3. The summed E-state index contributed by atoms with van der Waals surface area (Å²) in [5, 5.41) is 0. The maximum absolute atomic E-state index is 4.19. The van der Waals surface area contributed by atoms with Gasteiger partial charge in [-0.25, -0.2) is 0 Å². The molecule has 0 spiro atoms. The molecule has 0 saturated heterocycles. The van der Waals surface area contributed by atoms with E-state index in [9.17, 15) is 0 Å². The highest BCUT2D eigenvalue weighted by atomic mass is 32.2. The molecule has 0 radical (unpaired) electrons. The molecule has 0 unspecified atom stereocenters. The molecule has 0 aromatic heterocycles. The second-order valence-corrected chi connectivity index (χ2v) is 4.98. The largest absolute Gasteiger partial charge is 0.165 e. The van der Waals surface area contributed by atoms with E-state index >= 15 is 0 Å². The highest BCUT2D eigenvalue weighted by Gasteiger charge is 2.33. The van der Waals surface area contributed by atoms with E-state index in [1.165, 1.54) is 24.2 Å². The molecule has 0 bridgehead atoms. The lowest BCUT2D eigenvalue weighted by Crippen LogP contribution is -2.18. The first-order chi connectivity index (χ1) is 5.08. The molecular formula is C10H18S. The van der Waals surface area contributed by atoms with Crippen LogP contribution in [0.15, 0.2) is 12.2 Å². The molecule has 64 valence electrons. The molecule has 0 aromatic carbocycles. The van der Waals surface area contributed by atoms with Gasteiger partial charge in [0.1, 0.15) is 0 Å². The van der Waals surface area contributed by atoms with Gasteiger partial charge in [0.05, 0.1) is 0 Å². The Kier molecular flexibility index (Phi) is 2.69. The van der Waals surface area contributed by atoms with Crippen molar-refractivity contribution in [3.05, 3.63) is 12.2 Å². The van der Waals surface area contributed by atoms with Crippen LogP contribution in [-0.4, -0.2) is 12.0 Å². The fourth-order valence-corrected chi connectivity index (χ4v) is 2.35. The quantitative estimate of drug-likeness (QED) is 0.583. The first-order valence-electron chi connectivity index (χ1n) is 4.26. The summed E-state index contributed by atoms with van der Waals surface area (Å²) in [4.78, 5) is 0. The molecule has 0 heterocycles. The average molecular weight is 170 g/mol. The molecule has 1 aliphatic rings. The summed E-state index contributed by atoms with van der Waals surface area (Å²) >= 11 is 1.92. The van der Waals surface area contributed by atoms with Crippen LogP contribution in [-0.2, 0) is 0 Å². The summed E-state index contributed by atoms with van der Waals surface area (Å²) in [7, 11) is 0. The highest BCUT2D eigenvalue weighted by molar-refractivity contribution is 7.98. The van der Waals surface area contributed by atoms with Gasteiger partial charge in [0.15, 0.2) is 0 Å². The number of rotatable bonds is 4. The summed E-state index contributed by atoms with van der Waals surface area (Å²) in [6.45, 7) is 8.81. The molecule has 0 atom stereocenters. The summed E-state index contributed by atoms with van der Waals surface area (Å²) < 4.78 is 0. The third-order valence-electron chi connectivity index (χ3n) is 2.44. The van der Waals surface area contributed by atoms with Gasteiger partial charge in [-0.2, -0.15) is 11.8 Å². The Morgan fingerprint density at radius 2 is 2.09 bits per heavy atom. The molecule has 1 heteroatoms. The van der Waals surface area contributed by atoms with Crippen molar-refractivity contribution in [1.82, 2.24) is 0 Å². The van der Waals surface area contributed by atoms with Gasteiger partial charge in [-0.3, -0.25) is 0 Å². The Morgan fingerprint density at radius 3 is 2.45 bits per heavy atom. The van der Waals surface area contributed by atoms with Crippen LogP contribution in [0.1, 0.15) is 26.7 Å². The lowest BCUT2D eigenvalue weighted by molar-refractivity contribution is 0.489. The highest BCUT2D eigenvalue weighted by Crippen LogP contribution is 2.45. The Balaban J connectivity index is 2.47.